The van der Waals surface area contributed by atoms with Crippen molar-refractivity contribution in [1.29, 1.82) is 0 Å². The van der Waals surface area contributed by atoms with Crippen LogP contribution in [0.15, 0.2) is 16.6 Å². The molecule has 0 saturated carbocycles. The van der Waals surface area contributed by atoms with Crippen molar-refractivity contribution in [1.82, 2.24) is 4.98 Å². The van der Waals surface area contributed by atoms with Crippen molar-refractivity contribution in [2.75, 3.05) is 18.0 Å². The maximum absolute atomic E-state index is 11.3. The molecular formula is C12H16BrN3O2. The summed E-state index contributed by atoms with van der Waals surface area (Å²) in [4.78, 5) is 17.6. The van der Waals surface area contributed by atoms with Crippen LogP contribution in [0, 0.1) is 6.92 Å². The largest absolute Gasteiger partial charge is 0.378 e. The maximum atomic E-state index is 11.3. The molecule has 1 aromatic rings. The lowest BCUT2D eigenvalue weighted by Crippen LogP contribution is -2.56. The van der Waals surface area contributed by atoms with Crippen LogP contribution in [0.1, 0.15) is 18.5 Å². The van der Waals surface area contributed by atoms with Crippen molar-refractivity contribution >= 4 is 27.7 Å². The number of carbonyl (C=O) groups is 1. The highest BCUT2D eigenvalue weighted by Gasteiger charge is 2.39. The second-order valence-corrected chi connectivity index (χ2v) is 5.51. The van der Waals surface area contributed by atoms with Gasteiger partial charge in [0.15, 0.2) is 5.60 Å². The molecule has 1 aromatic heterocycles. The van der Waals surface area contributed by atoms with E-state index < -0.39 is 11.5 Å². The van der Waals surface area contributed by atoms with E-state index in [1.54, 1.807) is 0 Å². The molecule has 1 fully saturated rings. The van der Waals surface area contributed by atoms with E-state index in [1.807, 2.05) is 24.0 Å². The first kappa shape index (κ1) is 13.3. The van der Waals surface area contributed by atoms with Crippen molar-refractivity contribution in [2.45, 2.75) is 25.4 Å². The molecule has 0 spiro atoms. The van der Waals surface area contributed by atoms with Gasteiger partial charge in [0, 0.05) is 11.0 Å². The van der Waals surface area contributed by atoms with Crippen LogP contribution in [0.2, 0.25) is 0 Å². The molecule has 1 amide bonds. The maximum Gasteiger partial charge on any atom is 0.251 e. The third kappa shape index (κ3) is 2.49. The highest BCUT2D eigenvalue weighted by atomic mass is 79.9. The lowest BCUT2D eigenvalue weighted by Gasteiger charge is -2.37. The smallest absolute Gasteiger partial charge is 0.251 e. The summed E-state index contributed by atoms with van der Waals surface area (Å²) >= 11 is 3.39. The number of hydrogen-bond acceptors (Lipinski definition) is 4. The van der Waals surface area contributed by atoms with Crippen LogP contribution in [0.4, 0.5) is 5.82 Å². The molecule has 98 valence electrons. The SMILES string of the molecule is Cc1nc(N2CCC[C@@](O)(C(N)=O)C2)ccc1Br. The van der Waals surface area contributed by atoms with Gasteiger partial charge in [-0.2, -0.15) is 0 Å². The number of primary amides is 1. The normalized spacial score (nSPS) is 24.1. The molecule has 0 radical (unpaired) electrons. The van der Waals surface area contributed by atoms with Crippen molar-refractivity contribution in [3.05, 3.63) is 22.3 Å². The average molecular weight is 314 g/mol. The van der Waals surface area contributed by atoms with Gasteiger partial charge in [0.2, 0.25) is 0 Å². The quantitative estimate of drug-likeness (QED) is 0.852. The number of aryl methyl sites for hydroxylation is 1. The summed E-state index contributed by atoms with van der Waals surface area (Å²) < 4.78 is 0.938. The van der Waals surface area contributed by atoms with Crippen molar-refractivity contribution in [3.63, 3.8) is 0 Å². The number of anilines is 1. The number of carbonyl (C=O) groups excluding carboxylic acids is 1. The van der Waals surface area contributed by atoms with E-state index in [4.69, 9.17) is 5.73 Å². The molecule has 2 heterocycles. The molecule has 1 aliphatic rings. The van der Waals surface area contributed by atoms with Gasteiger partial charge < -0.3 is 15.7 Å². The van der Waals surface area contributed by atoms with E-state index in [0.717, 1.165) is 29.0 Å². The van der Waals surface area contributed by atoms with Crippen LogP contribution >= 0.6 is 15.9 Å². The summed E-state index contributed by atoms with van der Waals surface area (Å²) in [6.45, 7) is 2.87. The van der Waals surface area contributed by atoms with Gasteiger partial charge in [-0.3, -0.25) is 4.79 Å². The standard InChI is InChI=1S/C12H16BrN3O2/c1-8-9(13)3-4-10(15-8)16-6-2-5-12(18,7-16)11(14)17/h3-4,18H,2,5-7H2,1H3,(H2,14,17)/t12-/m0/s1. The first-order chi connectivity index (χ1) is 8.42. The minimum atomic E-state index is -1.44. The second-order valence-electron chi connectivity index (χ2n) is 4.66. The lowest BCUT2D eigenvalue weighted by molar-refractivity contribution is -0.137. The predicted octanol–water partition coefficient (Wildman–Crippen LogP) is 0.969. The predicted molar refractivity (Wildman–Crippen MR) is 72.3 cm³/mol. The van der Waals surface area contributed by atoms with Crippen LogP contribution < -0.4 is 10.6 Å². The second kappa shape index (κ2) is 4.85. The summed E-state index contributed by atoms with van der Waals surface area (Å²) in [5.41, 5.74) is 4.68. The Kier molecular flexibility index (Phi) is 3.59. The van der Waals surface area contributed by atoms with Gasteiger partial charge in [-0.05, 0) is 47.8 Å². The van der Waals surface area contributed by atoms with Gasteiger partial charge >= 0.3 is 0 Å². The van der Waals surface area contributed by atoms with Crippen LogP contribution in [0.3, 0.4) is 0 Å². The van der Waals surface area contributed by atoms with Crippen molar-refractivity contribution in [2.24, 2.45) is 5.73 Å². The molecule has 0 aromatic carbocycles. The topological polar surface area (TPSA) is 79.4 Å². The van der Waals surface area contributed by atoms with Crippen LogP contribution in [-0.4, -0.2) is 34.7 Å². The number of aliphatic hydroxyl groups is 1. The molecule has 18 heavy (non-hydrogen) atoms. The van der Waals surface area contributed by atoms with E-state index in [2.05, 4.69) is 20.9 Å². The average Bonchev–Trinajstić information content (AvgIpc) is 2.32. The summed E-state index contributed by atoms with van der Waals surface area (Å²) in [6, 6.07) is 3.78. The summed E-state index contributed by atoms with van der Waals surface area (Å²) in [6.07, 6.45) is 1.13. The van der Waals surface area contributed by atoms with Gasteiger partial charge in [-0.25, -0.2) is 4.98 Å². The van der Waals surface area contributed by atoms with Crippen LogP contribution in [-0.2, 0) is 4.79 Å². The molecule has 2 rings (SSSR count). The Morgan fingerprint density at radius 1 is 1.61 bits per heavy atom. The van der Waals surface area contributed by atoms with Gasteiger partial charge in [0.1, 0.15) is 5.82 Å². The number of aromatic nitrogens is 1. The Morgan fingerprint density at radius 3 is 2.94 bits per heavy atom. The minimum Gasteiger partial charge on any atom is -0.378 e. The molecule has 1 saturated heterocycles. The zero-order valence-electron chi connectivity index (χ0n) is 10.2. The molecule has 3 N–H and O–H groups in total. The number of halogens is 1. The zero-order valence-corrected chi connectivity index (χ0v) is 11.8. The molecule has 0 aliphatic carbocycles. The monoisotopic (exact) mass is 313 g/mol. The molecular weight excluding hydrogens is 298 g/mol. The van der Waals surface area contributed by atoms with Gasteiger partial charge in [0.05, 0.1) is 12.2 Å². The summed E-state index contributed by atoms with van der Waals surface area (Å²) in [7, 11) is 0. The Morgan fingerprint density at radius 2 is 2.33 bits per heavy atom. The molecule has 1 atom stereocenters. The minimum absolute atomic E-state index is 0.205. The van der Waals surface area contributed by atoms with Gasteiger partial charge in [-0.1, -0.05) is 0 Å². The number of nitrogens with two attached hydrogens (primary N) is 1. The Hall–Kier alpha value is -1.14. The highest BCUT2D eigenvalue weighted by Crippen LogP contribution is 2.26. The number of hydrogen-bond donors (Lipinski definition) is 2. The first-order valence-electron chi connectivity index (χ1n) is 5.83. The fourth-order valence-corrected chi connectivity index (χ4v) is 2.36. The van der Waals surface area contributed by atoms with Gasteiger partial charge in [-0.15, -0.1) is 0 Å². The fraction of sp³-hybridized carbons (Fsp3) is 0.500. The van der Waals surface area contributed by atoms with E-state index in [-0.39, 0.29) is 6.54 Å². The molecule has 0 bridgehead atoms. The van der Waals surface area contributed by atoms with E-state index >= 15 is 0 Å². The Balaban J connectivity index is 2.23. The van der Waals surface area contributed by atoms with E-state index in [1.165, 1.54) is 0 Å². The summed E-state index contributed by atoms with van der Waals surface area (Å²) in [5, 5.41) is 10.2. The third-order valence-electron chi connectivity index (χ3n) is 3.26. The number of β-amino-alcohol motifs (C(OH)–C–C–N with tert-alkyl or cyclic N) is 1. The van der Waals surface area contributed by atoms with Crippen molar-refractivity contribution in [3.8, 4) is 0 Å². The highest BCUT2D eigenvalue weighted by molar-refractivity contribution is 9.10. The molecule has 0 unspecified atom stereocenters. The first-order valence-corrected chi connectivity index (χ1v) is 6.62. The van der Waals surface area contributed by atoms with Crippen molar-refractivity contribution < 1.29 is 9.90 Å². The van der Waals surface area contributed by atoms with Crippen LogP contribution in [0.5, 0.6) is 0 Å². The van der Waals surface area contributed by atoms with Gasteiger partial charge in [0.25, 0.3) is 5.91 Å². The molecule has 1 aliphatic heterocycles. The van der Waals surface area contributed by atoms with E-state index in [9.17, 15) is 9.90 Å². The Labute approximate surface area is 114 Å². The lowest BCUT2D eigenvalue weighted by atomic mass is 9.92. The number of rotatable bonds is 2. The summed E-state index contributed by atoms with van der Waals surface area (Å²) in [5.74, 6) is 0.0936. The molecule has 5 nitrogen and oxygen atoms in total. The Bertz CT molecular complexity index is 480. The fourth-order valence-electron chi connectivity index (χ4n) is 2.14. The van der Waals surface area contributed by atoms with E-state index in [0.29, 0.717) is 6.42 Å². The molecule has 6 heteroatoms. The number of pyridine rings is 1. The number of amides is 1. The van der Waals surface area contributed by atoms with Crippen LogP contribution in [0.25, 0.3) is 0 Å². The zero-order chi connectivity index (χ0) is 13.3. The number of nitrogens with zero attached hydrogens (tertiary/aromatic N) is 2. The number of piperidine rings is 1. The third-order valence-corrected chi connectivity index (χ3v) is 4.10.